The third-order valence-corrected chi connectivity index (χ3v) is 3.58. The molecule has 0 aromatic heterocycles. The van der Waals surface area contributed by atoms with E-state index in [9.17, 15) is 0 Å². The maximum Gasteiger partial charge on any atom is 0.0694 e. The molecule has 1 aliphatic rings. The minimum absolute atomic E-state index is 0.0926. The molecule has 1 saturated carbocycles. The van der Waals surface area contributed by atoms with Crippen LogP contribution in [0.3, 0.4) is 0 Å². The molecule has 94 valence electrons. The van der Waals surface area contributed by atoms with E-state index in [0.29, 0.717) is 6.61 Å². The van der Waals surface area contributed by atoms with E-state index in [4.69, 9.17) is 10.6 Å². The molecule has 3 N–H and O–H groups in total. The standard InChI is InChI=1S/C14H22N2O/c1-2-17-10-14(16-15)13-8-4-7-12(9-13)11-5-3-6-11/h4,7-9,11,14,16H,2-3,5-6,10,15H2,1H3. The van der Waals surface area contributed by atoms with Gasteiger partial charge in [-0.05, 0) is 36.8 Å². The highest BCUT2D eigenvalue weighted by atomic mass is 16.5. The first kappa shape index (κ1) is 12.6. The average Bonchev–Trinajstić information content (AvgIpc) is 2.28. The van der Waals surface area contributed by atoms with Crippen molar-refractivity contribution in [3.05, 3.63) is 35.4 Å². The van der Waals surface area contributed by atoms with E-state index in [1.165, 1.54) is 30.4 Å². The van der Waals surface area contributed by atoms with Crippen molar-refractivity contribution in [2.45, 2.75) is 38.1 Å². The van der Waals surface area contributed by atoms with Crippen molar-refractivity contribution in [2.75, 3.05) is 13.2 Å². The summed E-state index contributed by atoms with van der Waals surface area (Å²) in [6.07, 6.45) is 4.03. The molecule has 0 radical (unpaired) electrons. The zero-order valence-electron chi connectivity index (χ0n) is 10.5. The Bertz CT molecular complexity index is 350. The minimum Gasteiger partial charge on any atom is -0.380 e. The molecule has 3 heteroatoms. The maximum absolute atomic E-state index is 5.59. The fourth-order valence-corrected chi connectivity index (χ4v) is 2.25. The van der Waals surface area contributed by atoms with Crippen molar-refractivity contribution in [3.8, 4) is 0 Å². The Morgan fingerprint density at radius 2 is 2.29 bits per heavy atom. The summed E-state index contributed by atoms with van der Waals surface area (Å²) in [6.45, 7) is 3.35. The second kappa shape index (κ2) is 6.15. The van der Waals surface area contributed by atoms with Gasteiger partial charge in [0.05, 0.1) is 12.6 Å². The number of nitrogens with two attached hydrogens (primary N) is 1. The van der Waals surface area contributed by atoms with Gasteiger partial charge in [0.15, 0.2) is 0 Å². The highest BCUT2D eigenvalue weighted by Gasteiger charge is 2.20. The molecule has 0 aliphatic heterocycles. The van der Waals surface area contributed by atoms with Crippen molar-refractivity contribution in [3.63, 3.8) is 0 Å². The van der Waals surface area contributed by atoms with Gasteiger partial charge in [-0.2, -0.15) is 0 Å². The van der Waals surface area contributed by atoms with Crippen LogP contribution < -0.4 is 11.3 Å². The highest BCUT2D eigenvalue weighted by Crippen LogP contribution is 2.36. The van der Waals surface area contributed by atoms with Crippen molar-refractivity contribution in [1.82, 2.24) is 5.43 Å². The molecule has 1 unspecified atom stereocenters. The number of benzene rings is 1. The lowest BCUT2D eigenvalue weighted by Gasteiger charge is -2.27. The van der Waals surface area contributed by atoms with Crippen LogP contribution in [0, 0.1) is 0 Å². The number of hydrogen-bond acceptors (Lipinski definition) is 3. The third-order valence-electron chi connectivity index (χ3n) is 3.58. The molecule has 1 atom stereocenters. The normalized spacial score (nSPS) is 17.8. The first-order valence-corrected chi connectivity index (χ1v) is 6.49. The lowest BCUT2D eigenvalue weighted by Crippen LogP contribution is -2.31. The van der Waals surface area contributed by atoms with Gasteiger partial charge in [-0.3, -0.25) is 11.3 Å². The topological polar surface area (TPSA) is 47.3 Å². The maximum atomic E-state index is 5.59. The SMILES string of the molecule is CCOCC(NN)c1cccc(C2CCC2)c1. The smallest absolute Gasteiger partial charge is 0.0694 e. The Morgan fingerprint density at radius 1 is 1.47 bits per heavy atom. The van der Waals surface area contributed by atoms with Crippen LogP contribution in [-0.2, 0) is 4.74 Å². The molecule has 0 amide bonds. The van der Waals surface area contributed by atoms with E-state index in [1.807, 2.05) is 6.92 Å². The van der Waals surface area contributed by atoms with Gasteiger partial charge >= 0.3 is 0 Å². The number of hydrazine groups is 1. The minimum atomic E-state index is 0.0926. The summed E-state index contributed by atoms with van der Waals surface area (Å²) in [5, 5.41) is 0. The van der Waals surface area contributed by atoms with Crippen LogP contribution in [0.5, 0.6) is 0 Å². The Balaban J connectivity index is 2.07. The van der Waals surface area contributed by atoms with Gasteiger partial charge in [0, 0.05) is 6.61 Å². The van der Waals surface area contributed by atoms with Crippen LogP contribution in [0.4, 0.5) is 0 Å². The monoisotopic (exact) mass is 234 g/mol. The van der Waals surface area contributed by atoms with Gasteiger partial charge in [-0.1, -0.05) is 30.7 Å². The van der Waals surface area contributed by atoms with Gasteiger partial charge in [-0.15, -0.1) is 0 Å². The second-order valence-corrected chi connectivity index (χ2v) is 4.68. The molecular formula is C14H22N2O. The Kier molecular flexibility index (Phi) is 4.54. The number of nitrogens with one attached hydrogen (secondary N) is 1. The summed E-state index contributed by atoms with van der Waals surface area (Å²) in [5.74, 6) is 6.35. The molecule has 3 nitrogen and oxygen atoms in total. The molecule has 1 fully saturated rings. The van der Waals surface area contributed by atoms with E-state index in [0.717, 1.165) is 12.5 Å². The summed E-state index contributed by atoms with van der Waals surface area (Å²) < 4.78 is 5.44. The van der Waals surface area contributed by atoms with E-state index in [1.54, 1.807) is 0 Å². The van der Waals surface area contributed by atoms with Crippen LogP contribution in [0.1, 0.15) is 49.3 Å². The van der Waals surface area contributed by atoms with Crippen LogP contribution in [0.2, 0.25) is 0 Å². The quantitative estimate of drug-likeness (QED) is 0.587. The van der Waals surface area contributed by atoms with Gasteiger partial charge in [-0.25, -0.2) is 0 Å². The van der Waals surface area contributed by atoms with Gasteiger partial charge in [0.25, 0.3) is 0 Å². The molecule has 1 aromatic rings. The highest BCUT2D eigenvalue weighted by molar-refractivity contribution is 5.29. The van der Waals surface area contributed by atoms with Crippen molar-refractivity contribution < 1.29 is 4.74 Å². The third kappa shape index (κ3) is 3.06. The summed E-state index contributed by atoms with van der Waals surface area (Å²) in [5.41, 5.74) is 5.51. The zero-order valence-corrected chi connectivity index (χ0v) is 10.5. The van der Waals surface area contributed by atoms with Crippen LogP contribution in [-0.4, -0.2) is 13.2 Å². The molecule has 0 spiro atoms. The lowest BCUT2D eigenvalue weighted by molar-refractivity contribution is 0.123. The Labute approximate surface area is 103 Å². The average molecular weight is 234 g/mol. The van der Waals surface area contributed by atoms with E-state index >= 15 is 0 Å². The molecular weight excluding hydrogens is 212 g/mol. The number of hydrogen-bond donors (Lipinski definition) is 2. The molecule has 1 aliphatic carbocycles. The Morgan fingerprint density at radius 3 is 2.88 bits per heavy atom. The molecule has 17 heavy (non-hydrogen) atoms. The van der Waals surface area contributed by atoms with Gasteiger partial charge < -0.3 is 4.74 Å². The largest absolute Gasteiger partial charge is 0.380 e. The van der Waals surface area contributed by atoms with E-state index in [2.05, 4.69) is 29.7 Å². The zero-order chi connectivity index (χ0) is 12.1. The number of rotatable bonds is 6. The molecule has 0 bridgehead atoms. The van der Waals surface area contributed by atoms with Crippen LogP contribution >= 0.6 is 0 Å². The van der Waals surface area contributed by atoms with Crippen molar-refractivity contribution >= 4 is 0 Å². The Hall–Kier alpha value is -0.900. The summed E-state index contributed by atoms with van der Waals surface area (Å²) in [7, 11) is 0. The van der Waals surface area contributed by atoms with Gasteiger partial charge in [0.2, 0.25) is 0 Å². The predicted octanol–water partition coefficient (Wildman–Crippen LogP) is 2.50. The van der Waals surface area contributed by atoms with Crippen molar-refractivity contribution in [1.29, 1.82) is 0 Å². The van der Waals surface area contributed by atoms with Crippen LogP contribution in [0.25, 0.3) is 0 Å². The second-order valence-electron chi connectivity index (χ2n) is 4.68. The number of ether oxygens (including phenoxy) is 1. The summed E-state index contributed by atoms with van der Waals surface area (Å²) in [6, 6.07) is 8.83. The molecule has 2 rings (SSSR count). The van der Waals surface area contributed by atoms with E-state index in [-0.39, 0.29) is 6.04 Å². The summed E-state index contributed by atoms with van der Waals surface area (Å²) in [4.78, 5) is 0. The first-order valence-electron chi connectivity index (χ1n) is 6.49. The lowest BCUT2D eigenvalue weighted by atomic mass is 9.79. The fourth-order valence-electron chi connectivity index (χ4n) is 2.25. The fraction of sp³-hybridized carbons (Fsp3) is 0.571. The molecule has 0 saturated heterocycles. The van der Waals surface area contributed by atoms with Crippen LogP contribution in [0.15, 0.2) is 24.3 Å². The first-order chi connectivity index (χ1) is 8.35. The van der Waals surface area contributed by atoms with Crippen molar-refractivity contribution in [2.24, 2.45) is 5.84 Å². The van der Waals surface area contributed by atoms with E-state index < -0.39 is 0 Å². The molecule has 0 heterocycles. The summed E-state index contributed by atoms with van der Waals surface area (Å²) >= 11 is 0. The van der Waals surface area contributed by atoms with Gasteiger partial charge in [0.1, 0.15) is 0 Å². The molecule has 1 aromatic carbocycles. The predicted molar refractivity (Wildman–Crippen MR) is 69.6 cm³/mol.